The maximum absolute atomic E-state index is 10.7. The molecule has 0 spiro atoms. The van der Waals surface area contributed by atoms with Gasteiger partial charge in [-0.1, -0.05) is 45.4 Å². The van der Waals surface area contributed by atoms with Crippen molar-refractivity contribution in [3.63, 3.8) is 0 Å². The Balaban J connectivity index is 3.03. The van der Waals surface area contributed by atoms with Gasteiger partial charge in [0, 0.05) is 13.2 Å². The van der Waals surface area contributed by atoms with Crippen LogP contribution in [0, 0.1) is 0 Å². The molecule has 5 heteroatoms. The molecule has 0 aromatic rings. The quantitative estimate of drug-likeness (QED) is 0.527. The van der Waals surface area contributed by atoms with E-state index < -0.39 is 10.0 Å². The molecule has 0 aromatic heterocycles. The molecule has 4 nitrogen and oxygen atoms in total. The highest BCUT2D eigenvalue weighted by Crippen LogP contribution is 2.04. The molecular weight excluding hydrogens is 250 g/mol. The lowest BCUT2D eigenvalue weighted by Gasteiger charge is -2.04. The van der Waals surface area contributed by atoms with Gasteiger partial charge in [0.25, 0.3) is 0 Å². The Bertz CT molecular complexity index is 265. The number of hydrogen-bond acceptors (Lipinski definition) is 3. The number of sulfonamides is 1. The third-order valence-corrected chi connectivity index (χ3v) is 3.72. The van der Waals surface area contributed by atoms with Crippen LogP contribution in [0.4, 0.5) is 0 Å². The van der Waals surface area contributed by atoms with Crippen LogP contribution in [0.2, 0.25) is 0 Å². The molecule has 18 heavy (non-hydrogen) atoms. The van der Waals surface area contributed by atoms with E-state index >= 15 is 0 Å². The Morgan fingerprint density at radius 1 is 0.833 bits per heavy atom. The Labute approximate surface area is 112 Å². The summed E-state index contributed by atoms with van der Waals surface area (Å²) < 4.78 is 26.9. The van der Waals surface area contributed by atoms with Gasteiger partial charge in [0.2, 0.25) is 10.0 Å². The van der Waals surface area contributed by atoms with E-state index in [0.717, 1.165) is 38.9 Å². The summed E-state index contributed by atoms with van der Waals surface area (Å²) in [5.41, 5.74) is 0. The second-order valence-corrected chi connectivity index (χ2v) is 6.54. The molecular formula is C13H29NO3S. The summed E-state index contributed by atoms with van der Waals surface area (Å²) in [6.45, 7) is 3.87. The summed E-state index contributed by atoms with van der Waals surface area (Å²) in [5, 5.41) is 4.91. The summed E-state index contributed by atoms with van der Waals surface area (Å²) >= 11 is 0. The summed E-state index contributed by atoms with van der Waals surface area (Å²) in [6, 6.07) is 0. The SMILES string of the molecule is CCCCCCCOCCCCCCS(N)(=O)=O. The average molecular weight is 279 g/mol. The van der Waals surface area contributed by atoms with E-state index in [0.29, 0.717) is 6.42 Å². The van der Waals surface area contributed by atoms with Crippen molar-refractivity contribution in [1.29, 1.82) is 0 Å². The first kappa shape index (κ1) is 17.9. The standard InChI is InChI=1S/C13H29NO3S/c1-2-3-4-5-8-11-17-12-9-6-7-10-13-18(14,15)16/h2-13H2,1H3,(H2,14,15,16). The predicted molar refractivity (Wildman–Crippen MR) is 76.0 cm³/mol. The van der Waals surface area contributed by atoms with Crippen LogP contribution in [0.15, 0.2) is 0 Å². The van der Waals surface area contributed by atoms with Crippen LogP contribution in [0.3, 0.4) is 0 Å². The lowest BCUT2D eigenvalue weighted by Crippen LogP contribution is -2.16. The van der Waals surface area contributed by atoms with Crippen LogP contribution in [0.1, 0.15) is 64.7 Å². The van der Waals surface area contributed by atoms with Crippen LogP contribution in [0.25, 0.3) is 0 Å². The van der Waals surface area contributed by atoms with E-state index in [1.807, 2.05) is 0 Å². The Morgan fingerprint density at radius 2 is 1.33 bits per heavy atom. The van der Waals surface area contributed by atoms with Gasteiger partial charge in [0.05, 0.1) is 5.75 Å². The number of primary sulfonamides is 1. The van der Waals surface area contributed by atoms with Crippen molar-refractivity contribution in [3.8, 4) is 0 Å². The van der Waals surface area contributed by atoms with Crippen molar-refractivity contribution < 1.29 is 13.2 Å². The van der Waals surface area contributed by atoms with Crippen LogP contribution in [-0.2, 0) is 14.8 Å². The zero-order valence-electron chi connectivity index (χ0n) is 11.7. The minimum absolute atomic E-state index is 0.102. The molecule has 0 aliphatic heterocycles. The third kappa shape index (κ3) is 15.9. The first-order chi connectivity index (χ1) is 8.56. The number of unbranched alkanes of at least 4 members (excludes halogenated alkanes) is 7. The molecule has 0 bridgehead atoms. The van der Waals surface area contributed by atoms with Gasteiger partial charge in [0.1, 0.15) is 0 Å². The summed E-state index contributed by atoms with van der Waals surface area (Å²) in [4.78, 5) is 0. The van der Waals surface area contributed by atoms with Gasteiger partial charge >= 0.3 is 0 Å². The van der Waals surface area contributed by atoms with Gasteiger partial charge in [-0.3, -0.25) is 0 Å². The summed E-state index contributed by atoms with van der Waals surface area (Å²) in [5.74, 6) is 0.102. The molecule has 0 unspecified atom stereocenters. The number of hydrogen-bond donors (Lipinski definition) is 1. The van der Waals surface area contributed by atoms with Crippen LogP contribution in [0.5, 0.6) is 0 Å². The topological polar surface area (TPSA) is 69.4 Å². The molecule has 0 saturated heterocycles. The van der Waals surface area contributed by atoms with Crippen molar-refractivity contribution in [2.24, 2.45) is 5.14 Å². The fraction of sp³-hybridized carbons (Fsp3) is 1.00. The largest absolute Gasteiger partial charge is 0.381 e. The van der Waals surface area contributed by atoms with Crippen LogP contribution < -0.4 is 5.14 Å². The van der Waals surface area contributed by atoms with Crippen LogP contribution in [-0.4, -0.2) is 27.4 Å². The molecule has 0 aliphatic carbocycles. The predicted octanol–water partition coefficient (Wildman–Crippen LogP) is 2.82. The second-order valence-electron chi connectivity index (χ2n) is 4.81. The number of nitrogens with two attached hydrogens (primary N) is 1. The van der Waals surface area contributed by atoms with E-state index in [9.17, 15) is 8.42 Å². The highest BCUT2D eigenvalue weighted by atomic mass is 32.2. The lowest BCUT2D eigenvalue weighted by atomic mass is 10.2. The second kappa shape index (κ2) is 11.9. The van der Waals surface area contributed by atoms with Crippen molar-refractivity contribution in [3.05, 3.63) is 0 Å². The summed E-state index contributed by atoms with van der Waals surface area (Å²) in [7, 11) is -3.27. The molecule has 0 aliphatic rings. The van der Waals surface area contributed by atoms with E-state index in [1.54, 1.807) is 0 Å². The molecule has 0 fully saturated rings. The smallest absolute Gasteiger partial charge is 0.209 e. The zero-order chi connectivity index (χ0) is 13.7. The van der Waals surface area contributed by atoms with E-state index in [-0.39, 0.29) is 5.75 Å². The highest BCUT2D eigenvalue weighted by Gasteiger charge is 2.01. The van der Waals surface area contributed by atoms with E-state index in [4.69, 9.17) is 9.88 Å². The van der Waals surface area contributed by atoms with Gasteiger partial charge < -0.3 is 4.74 Å². The maximum atomic E-state index is 10.7. The zero-order valence-corrected chi connectivity index (χ0v) is 12.5. The third-order valence-electron chi connectivity index (χ3n) is 2.86. The molecule has 0 heterocycles. The van der Waals surface area contributed by atoms with Gasteiger partial charge in [-0.25, -0.2) is 13.6 Å². The van der Waals surface area contributed by atoms with Crippen molar-refractivity contribution in [2.75, 3.05) is 19.0 Å². The molecule has 0 atom stereocenters. The van der Waals surface area contributed by atoms with Crippen molar-refractivity contribution in [2.45, 2.75) is 64.7 Å². The Kier molecular flexibility index (Phi) is 11.8. The maximum Gasteiger partial charge on any atom is 0.209 e. The lowest BCUT2D eigenvalue weighted by molar-refractivity contribution is 0.126. The first-order valence-corrected chi connectivity index (χ1v) is 8.86. The minimum atomic E-state index is -3.27. The molecule has 0 rings (SSSR count). The van der Waals surface area contributed by atoms with Gasteiger partial charge in [-0.05, 0) is 19.3 Å². The average Bonchev–Trinajstić information content (AvgIpc) is 2.29. The van der Waals surface area contributed by atoms with E-state index in [2.05, 4.69) is 6.92 Å². The highest BCUT2D eigenvalue weighted by molar-refractivity contribution is 7.89. The van der Waals surface area contributed by atoms with E-state index in [1.165, 1.54) is 25.7 Å². The minimum Gasteiger partial charge on any atom is -0.381 e. The molecule has 0 radical (unpaired) electrons. The molecule has 0 aromatic carbocycles. The fourth-order valence-electron chi connectivity index (χ4n) is 1.77. The molecule has 110 valence electrons. The van der Waals surface area contributed by atoms with Crippen molar-refractivity contribution >= 4 is 10.0 Å². The molecule has 0 amide bonds. The summed E-state index contributed by atoms with van der Waals surface area (Å²) in [6.07, 6.45) is 9.95. The van der Waals surface area contributed by atoms with Gasteiger partial charge in [0.15, 0.2) is 0 Å². The number of rotatable bonds is 13. The fourth-order valence-corrected chi connectivity index (χ4v) is 2.38. The van der Waals surface area contributed by atoms with Crippen molar-refractivity contribution in [1.82, 2.24) is 0 Å². The molecule has 2 N–H and O–H groups in total. The Hall–Kier alpha value is -0.130. The van der Waals surface area contributed by atoms with Gasteiger partial charge in [-0.15, -0.1) is 0 Å². The normalized spacial score (nSPS) is 11.9. The van der Waals surface area contributed by atoms with Gasteiger partial charge in [-0.2, -0.15) is 0 Å². The monoisotopic (exact) mass is 279 g/mol. The van der Waals surface area contributed by atoms with Crippen LogP contribution >= 0.6 is 0 Å². The molecule has 0 saturated carbocycles. The number of ether oxygens (including phenoxy) is 1. The Morgan fingerprint density at radius 3 is 1.83 bits per heavy atom. The first-order valence-electron chi connectivity index (χ1n) is 7.14.